The van der Waals surface area contributed by atoms with Crippen molar-refractivity contribution in [3.8, 4) is 0 Å². The maximum absolute atomic E-state index is 11.6. The Hall–Kier alpha value is -1.26. The molecule has 0 bridgehead atoms. The quantitative estimate of drug-likeness (QED) is 0.417. The first-order chi connectivity index (χ1) is 7.19. The molecule has 0 aromatic rings. The van der Waals surface area contributed by atoms with Crippen LogP contribution >= 0.6 is 0 Å². The fourth-order valence-corrected chi connectivity index (χ4v) is 1.85. The average molecular weight is 212 g/mol. The van der Waals surface area contributed by atoms with Crippen molar-refractivity contribution in [2.45, 2.75) is 25.8 Å². The molecule has 0 saturated carbocycles. The lowest BCUT2D eigenvalue weighted by Crippen LogP contribution is -2.35. The molecule has 1 N–H and O–H groups in total. The van der Waals surface area contributed by atoms with Gasteiger partial charge in [0.05, 0.1) is 0 Å². The van der Waals surface area contributed by atoms with E-state index in [1.807, 2.05) is 6.92 Å². The van der Waals surface area contributed by atoms with Gasteiger partial charge in [-0.2, -0.15) is 0 Å². The van der Waals surface area contributed by atoms with Crippen LogP contribution < -0.4 is 0 Å². The number of likely N-dealkylation sites (tertiary alicyclic amines) is 1. The zero-order valence-electron chi connectivity index (χ0n) is 8.83. The van der Waals surface area contributed by atoms with E-state index >= 15 is 0 Å². The Balaban J connectivity index is 2.48. The molecule has 1 saturated heterocycles. The number of hydrogen-bond acceptors (Lipinski definition) is 3. The molecule has 1 aliphatic heterocycles. The zero-order valence-corrected chi connectivity index (χ0v) is 8.83. The summed E-state index contributed by atoms with van der Waals surface area (Å²) < 4.78 is 0. The number of nitrogens with zero attached hydrogens (tertiary/aromatic N) is 4. The normalized spacial score (nSPS) is 22.7. The highest BCUT2D eigenvalue weighted by molar-refractivity contribution is 5.79. The zero-order chi connectivity index (χ0) is 11.3. The monoisotopic (exact) mass is 212 g/mol. The molecule has 0 aromatic carbocycles. The Morgan fingerprint density at radius 1 is 1.80 bits per heavy atom. The molecule has 6 nitrogen and oxygen atoms in total. The van der Waals surface area contributed by atoms with Gasteiger partial charge in [0.15, 0.2) is 0 Å². The van der Waals surface area contributed by atoms with E-state index in [9.17, 15) is 4.79 Å². The first-order valence-electron chi connectivity index (χ1n) is 5.10. The van der Waals surface area contributed by atoms with Crippen molar-refractivity contribution in [2.24, 2.45) is 11.0 Å². The van der Waals surface area contributed by atoms with Crippen LogP contribution in [0.3, 0.4) is 0 Å². The van der Waals surface area contributed by atoms with E-state index in [1.165, 1.54) is 0 Å². The van der Waals surface area contributed by atoms with Gasteiger partial charge in [0.25, 0.3) is 0 Å². The third kappa shape index (κ3) is 3.11. The number of azide groups is 1. The molecule has 1 rings (SSSR count). The van der Waals surface area contributed by atoms with Crippen molar-refractivity contribution < 1.29 is 9.90 Å². The molecule has 15 heavy (non-hydrogen) atoms. The Bertz CT molecular complexity index is 275. The van der Waals surface area contributed by atoms with Crippen LogP contribution in [0.25, 0.3) is 10.4 Å². The second-order valence-electron chi connectivity index (χ2n) is 3.89. The van der Waals surface area contributed by atoms with E-state index in [4.69, 9.17) is 10.6 Å². The smallest absolute Gasteiger partial charge is 0.223 e. The lowest BCUT2D eigenvalue weighted by Gasteiger charge is -2.23. The van der Waals surface area contributed by atoms with Crippen molar-refractivity contribution in [3.63, 3.8) is 0 Å². The summed E-state index contributed by atoms with van der Waals surface area (Å²) in [5.74, 6) is 0.226. The van der Waals surface area contributed by atoms with Gasteiger partial charge >= 0.3 is 0 Å². The van der Waals surface area contributed by atoms with E-state index in [2.05, 4.69) is 10.0 Å². The molecule has 0 aliphatic carbocycles. The summed E-state index contributed by atoms with van der Waals surface area (Å²) in [7, 11) is 0. The Morgan fingerprint density at radius 2 is 2.53 bits per heavy atom. The van der Waals surface area contributed by atoms with Crippen molar-refractivity contribution in [2.75, 3.05) is 19.7 Å². The second-order valence-corrected chi connectivity index (χ2v) is 3.89. The maximum Gasteiger partial charge on any atom is 0.223 e. The lowest BCUT2D eigenvalue weighted by molar-refractivity contribution is -0.129. The highest BCUT2D eigenvalue weighted by Crippen LogP contribution is 2.21. The fourth-order valence-electron chi connectivity index (χ4n) is 1.85. The van der Waals surface area contributed by atoms with Crippen LogP contribution in [0.2, 0.25) is 0 Å². The lowest BCUT2D eigenvalue weighted by atomic mass is 10.1. The number of aliphatic hydroxyl groups is 1. The molecule has 0 aromatic heterocycles. The van der Waals surface area contributed by atoms with E-state index in [-0.39, 0.29) is 24.5 Å². The van der Waals surface area contributed by atoms with Gasteiger partial charge in [-0.1, -0.05) is 5.11 Å². The van der Waals surface area contributed by atoms with Crippen molar-refractivity contribution in [1.29, 1.82) is 0 Å². The van der Waals surface area contributed by atoms with Gasteiger partial charge in [-0.05, 0) is 24.8 Å². The topological polar surface area (TPSA) is 89.3 Å². The minimum Gasteiger partial charge on any atom is -0.396 e. The number of rotatable bonds is 5. The molecular weight excluding hydrogens is 196 g/mol. The summed E-state index contributed by atoms with van der Waals surface area (Å²) in [5, 5.41) is 12.3. The van der Waals surface area contributed by atoms with Gasteiger partial charge in [0.1, 0.15) is 0 Å². The molecule has 1 fully saturated rings. The van der Waals surface area contributed by atoms with Crippen LogP contribution in [-0.2, 0) is 4.79 Å². The minimum absolute atomic E-state index is 0.0681. The number of carbonyl (C=O) groups excluding carboxylic acids is 1. The van der Waals surface area contributed by atoms with Gasteiger partial charge in [-0.25, -0.2) is 0 Å². The molecule has 0 spiro atoms. The van der Waals surface area contributed by atoms with E-state index < -0.39 is 0 Å². The number of carbonyl (C=O) groups is 1. The van der Waals surface area contributed by atoms with Crippen LogP contribution in [0.1, 0.15) is 19.8 Å². The van der Waals surface area contributed by atoms with E-state index in [0.29, 0.717) is 25.9 Å². The van der Waals surface area contributed by atoms with Crippen LogP contribution in [0.4, 0.5) is 0 Å². The summed E-state index contributed by atoms with van der Waals surface area (Å²) >= 11 is 0. The highest BCUT2D eigenvalue weighted by atomic mass is 16.3. The number of aliphatic hydroxyl groups excluding tert-OH is 1. The molecule has 6 heteroatoms. The van der Waals surface area contributed by atoms with Crippen LogP contribution in [0.5, 0.6) is 0 Å². The fraction of sp³-hybridized carbons (Fsp3) is 0.889. The summed E-state index contributed by atoms with van der Waals surface area (Å²) in [6.45, 7) is 3.03. The van der Waals surface area contributed by atoms with Gasteiger partial charge < -0.3 is 10.0 Å². The highest BCUT2D eigenvalue weighted by Gasteiger charge is 2.31. The molecule has 1 heterocycles. The van der Waals surface area contributed by atoms with E-state index in [1.54, 1.807) is 4.90 Å². The summed E-state index contributed by atoms with van der Waals surface area (Å²) in [5.41, 5.74) is 8.18. The summed E-state index contributed by atoms with van der Waals surface area (Å²) in [4.78, 5) is 16.0. The number of amides is 1. The first kappa shape index (κ1) is 11.8. The largest absolute Gasteiger partial charge is 0.396 e. The van der Waals surface area contributed by atoms with Gasteiger partial charge in [-0.3, -0.25) is 4.79 Å². The van der Waals surface area contributed by atoms with Crippen molar-refractivity contribution >= 4 is 5.91 Å². The van der Waals surface area contributed by atoms with Gasteiger partial charge in [-0.15, -0.1) is 0 Å². The van der Waals surface area contributed by atoms with Crippen molar-refractivity contribution in [3.05, 3.63) is 10.4 Å². The molecule has 2 unspecified atom stereocenters. The predicted octanol–water partition coefficient (Wildman–Crippen LogP) is 0.916. The van der Waals surface area contributed by atoms with Crippen LogP contribution in [0, 0.1) is 5.92 Å². The number of hydrogen-bond donors (Lipinski definition) is 1. The molecule has 0 radical (unpaired) electrons. The molecule has 2 atom stereocenters. The minimum atomic E-state index is 0.0681. The summed E-state index contributed by atoms with van der Waals surface area (Å²) in [6.07, 6.45) is 1.05. The van der Waals surface area contributed by atoms with E-state index in [0.717, 1.165) is 0 Å². The Kier molecular flexibility index (Phi) is 4.39. The third-order valence-corrected chi connectivity index (χ3v) is 2.72. The molecule has 84 valence electrons. The van der Waals surface area contributed by atoms with Crippen LogP contribution in [-0.4, -0.2) is 41.7 Å². The van der Waals surface area contributed by atoms with Crippen molar-refractivity contribution in [1.82, 2.24) is 4.90 Å². The SMILES string of the molecule is CC(CCO)N1CC(CN=[N+]=[N-])CC1=O. The first-order valence-corrected chi connectivity index (χ1v) is 5.10. The maximum atomic E-state index is 11.6. The Morgan fingerprint density at radius 3 is 3.13 bits per heavy atom. The molecule has 1 aliphatic rings. The average Bonchev–Trinajstić information content (AvgIpc) is 2.57. The molecule has 1 amide bonds. The second kappa shape index (κ2) is 5.58. The predicted molar refractivity (Wildman–Crippen MR) is 55.0 cm³/mol. The Labute approximate surface area is 88.5 Å². The standard InChI is InChI=1S/C9H16N4O2/c1-7(2-3-14)13-6-8(4-9(13)15)5-11-12-10/h7-8,14H,2-6H2,1H3. The van der Waals surface area contributed by atoms with Gasteiger partial charge in [0.2, 0.25) is 5.91 Å². The van der Waals surface area contributed by atoms with Crippen LogP contribution in [0.15, 0.2) is 5.11 Å². The van der Waals surface area contributed by atoms with Gasteiger partial charge in [0, 0.05) is 37.1 Å². The summed E-state index contributed by atoms with van der Waals surface area (Å²) in [6, 6.07) is 0.0681. The molecular formula is C9H16N4O2. The third-order valence-electron chi connectivity index (χ3n) is 2.72.